The van der Waals surface area contributed by atoms with Crippen molar-refractivity contribution in [2.24, 2.45) is 0 Å². The van der Waals surface area contributed by atoms with Crippen molar-refractivity contribution in [3.63, 3.8) is 0 Å². The van der Waals surface area contributed by atoms with Gasteiger partial charge in [-0.05, 0) is 13.8 Å². The van der Waals surface area contributed by atoms with Crippen LogP contribution >= 0.6 is 0 Å². The molecule has 11 heavy (non-hydrogen) atoms. The molecule has 0 saturated carbocycles. The van der Waals surface area contributed by atoms with Crippen molar-refractivity contribution in [1.82, 2.24) is 15.2 Å². The molecule has 0 unspecified atom stereocenters. The average molecular weight is 154 g/mol. The standard InChI is InChI=1S/C6H10N4O/c1-3-7-5-4(2)9-10-6(11)8-5/h3H2,1-2H3,(H2,7,8,10,11). The Labute approximate surface area is 63.9 Å². The van der Waals surface area contributed by atoms with Gasteiger partial charge in [0.25, 0.3) is 0 Å². The lowest BCUT2D eigenvalue weighted by Crippen LogP contribution is -2.16. The van der Waals surface area contributed by atoms with Crippen molar-refractivity contribution >= 4 is 5.82 Å². The number of anilines is 1. The maximum absolute atomic E-state index is 10.6. The number of rotatable bonds is 2. The van der Waals surface area contributed by atoms with Gasteiger partial charge in [-0.25, -0.2) is 9.89 Å². The predicted molar refractivity (Wildman–Crippen MR) is 41.6 cm³/mol. The normalized spacial score (nSPS) is 9.64. The van der Waals surface area contributed by atoms with E-state index in [2.05, 4.69) is 20.5 Å². The van der Waals surface area contributed by atoms with Crippen LogP contribution in [0.4, 0.5) is 5.82 Å². The molecule has 1 rings (SSSR count). The van der Waals surface area contributed by atoms with Crippen LogP contribution in [0.25, 0.3) is 0 Å². The van der Waals surface area contributed by atoms with Crippen molar-refractivity contribution in [1.29, 1.82) is 0 Å². The van der Waals surface area contributed by atoms with Crippen LogP contribution in [-0.4, -0.2) is 21.7 Å². The third-order valence-electron chi connectivity index (χ3n) is 1.22. The van der Waals surface area contributed by atoms with Crippen LogP contribution in [-0.2, 0) is 0 Å². The summed E-state index contributed by atoms with van der Waals surface area (Å²) in [5.74, 6) is 0.552. The summed E-state index contributed by atoms with van der Waals surface area (Å²) < 4.78 is 0. The van der Waals surface area contributed by atoms with E-state index in [1.807, 2.05) is 6.92 Å². The fourth-order valence-corrected chi connectivity index (χ4v) is 0.727. The Kier molecular flexibility index (Phi) is 2.20. The summed E-state index contributed by atoms with van der Waals surface area (Å²) in [7, 11) is 0. The molecule has 0 bridgehead atoms. The van der Waals surface area contributed by atoms with Gasteiger partial charge in [-0.15, -0.1) is 0 Å². The topological polar surface area (TPSA) is 70.7 Å². The van der Waals surface area contributed by atoms with E-state index in [0.717, 1.165) is 6.54 Å². The number of hydrogen-bond donors (Lipinski definition) is 2. The monoisotopic (exact) mass is 154 g/mol. The van der Waals surface area contributed by atoms with Crippen LogP contribution in [0.1, 0.15) is 12.6 Å². The molecule has 0 atom stereocenters. The molecule has 5 heteroatoms. The van der Waals surface area contributed by atoms with Crippen molar-refractivity contribution in [3.05, 3.63) is 16.2 Å². The van der Waals surface area contributed by atoms with Gasteiger partial charge in [0.05, 0.1) is 0 Å². The van der Waals surface area contributed by atoms with Gasteiger partial charge < -0.3 is 5.32 Å². The lowest BCUT2D eigenvalue weighted by Gasteiger charge is -2.01. The van der Waals surface area contributed by atoms with Gasteiger partial charge in [-0.2, -0.15) is 10.1 Å². The van der Waals surface area contributed by atoms with E-state index in [0.29, 0.717) is 11.5 Å². The highest BCUT2D eigenvalue weighted by Gasteiger charge is 1.98. The number of nitrogens with one attached hydrogen (secondary N) is 2. The SMILES string of the molecule is CCNc1nc(=O)[nH]nc1C. The molecule has 1 heterocycles. The van der Waals surface area contributed by atoms with E-state index in [1.165, 1.54) is 0 Å². The van der Waals surface area contributed by atoms with E-state index >= 15 is 0 Å². The molecule has 0 saturated heterocycles. The second-order valence-electron chi connectivity index (χ2n) is 2.10. The van der Waals surface area contributed by atoms with Gasteiger partial charge in [-0.1, -0.05) is 0 Å². The first-order valence-corrected chi connectivity index (χ1v) is 3.41. The van der Waals surface area contributed by atoms with E-state index in [1.54, 1.807) is 6.92 Å². The zero-order valence-corrected chi connectivity index (χ0v) is 6.51. The van der Waals surface area contributed by atoms with Crippen LogP contribution < -0.4 is 11.0 Å². The van der Waals surface area contributed by atoms with Gasteiger partial charge in [-0.3, -0.25) is 0 Å². The van der Waals surface area contributed by atoms with E-state index in [4.69, 9.17) is 0 Å². The van der Waals surface area contributed by atoms with Gasteiger partial charge in [0, 0.05) is 6.54 Å². The third-order valence-corrected chi connectivity index (χ3v) is 1.22. The molecule has 2 N–H and O–H groups in total. The largest absolute Gasteiger partial charge is 0.369 e. The van der Waals surface area contributed by atoms with Crippen molar-refractivity contribution < 1.29 is 0 Å². The van der Waals surface area contributed by atoms with Crippen LogP contribution in [0.15, 0.2) is 4.79 Å². The Bertz CT molecular complexity index is 293. The average Bonchev–Trinajstić information content (AvgIpc) is 1.98. The van der Waals surface area contributed by atoms with E-state index in [9.17, 15) is 4.79 Å². The first kappa shape index (κ1) is 7.71. The smallest absolute Gasteiger partial charge is 0.363 e. The number of aromatic amines is 1. The minimum Gasteiger partial charge on any atom is -0.369 e. The Hall–Kier alpha value is -1.39. The minimum atomic E-state index is -0.424. The van der Waals surface area contributed by atoms with Crippen molar-refractivity contribution in [3.8, 4) is 0 Å². The molecule has 60 valence electrons. The Morgan fingerprint density at radius 3 is 3.00 bits per heavy atom. The van der Waals surface area contributed by atoms with Crippen LogP contribution in [0.3, 0.4) is 0 Å². The summed E-state index contributed by atoms with van der Waals surface area (Å²) in [6.45, 7) is 4.45. The molecule has 0 aliphatic rings. The Morgan fingerprint density at radius 2 is 2.36 bits per heavy atom. The highest BCUT2D eigenvalue weighted by Crippen LogP contribution is 2.01. The lowest BCUT2D eigenvalue weighted by atomic mass is 10.4. The minimum absolute atomic E-state index is 0.424. The van der Waals surface area contributed by atoms with E-state index < -0.39 is 5.69 Å². The second-order valence-corrected chi connectivity index (χ2v) is 2.10. The second kappa shape index (κ2) is 3.14. The van der Waals surface area contributed by atoms with Crippen LogP contribution in [0.5, 0.6) is 0 Å². The molecule has 1 aromatic heterocycles. The molecule has 0 aliphatic carbocycles. The molecule has 0 radical (unpaired) electrons. The van der Waals surface area contributed by atoms with Gasteiger partial charge >= 0.3 is 5.69 Å². The maximum Gasteiger partial charge on any atom is 0.363 e. The van der Waals surface area contributed by atoms with Crippen molar-refractivity contribution in [2.45, 2.75) is 13.8 Å². The van der Waals surface area contributed by atoms with E-state index in [-0.39, 0.29) is 0 Å². The number of hydrogen-bond acceptors (Lipinski definition) is 4. The van der Waals surface area contributed by atoms with Gasteiger partial charge in [0.2, 0.25) is 0 Å². The molecule has 0 aliphatic heterocycles. The highest BCUT2D eigenvalue weighted by atomic mass is 16.1. The zero-order chi connectivity index (χ0) is 8.27. The summed E-state index contributed by atoms with van der Waals surface area (Å²) in [6, 6.07) is 0. The maximum atomic E-state index is 10.6. The molecule has 0 amide bonds. The zero-order valence-electron chi connectivity index (χ0n) is 6.51. The summed E-state index contributed by atoms with van der Waals surface area (Å²) in [6.07, 6.45) is 0. The fourth-order valence-electron chi connectivity index (χ4n) is 0.727. The number of aryl methyl sites for hydroxylation is 1. The number of aromatic nitrogens is 3. The van der Waals surface area contributed by atoms with Crippen LogP contribution in [0.2, 0.25) is 0 Å². The van der Waals surface area contributed by atoms with Gasteiger partial charge in [0.15, 0.2) is 5.82 Å². The summed E-state index contributed by atoms with van der Waals surface area (Å²) in [5.41, 5.74) is 0.276. The van der Waals surface area contributed by atoms with Crippen molar-refractivity contribution in [2.75, 3.05) is 11.9 Å². The number of nitrogens with zero attached hydrogens (tertiary/aromatic N) is 2. The Morgan fingerprint density at radius 1 is 1.64 bits per heavy atom. The van der Waals surface area contributed by atoms with Crippen LogP contribution in [0, 0.1) is 6.92 Å². The Balaban J connectivity index is 3.02. The summed E-state index contributed by atoms with van der Waals surface area (Å²) in [4.78, 5) is 14.3. The lowest BCUT2D eigenvalue weighted by molar-refractivity contribution is 0.877. The first-order valence-electron chi connectivity index (χ1n) is 3.41. The summed E-state index contributed by atoms with van der Waals surface area (Å²) in [5, 5.41) is 8.90. The predicted octanol–water partition coefficient (Wildman–Crippen LogP) is -0.0949. The molecular formula is C6H10N4O. The number of H-pyrrole nitrogens is 1. The van der Waals surface area contributed by atoms with Gasteiger partial charge in [0.1, 0.15) is 5.69 Å². The molecule has 5 nitrogen and oxygen atoms in total. The quantitative estimate of drug-likeness (QED) is 0.624. The fraction of sp³-hybridized carbons (Fsp3) is 0.500. The molecule has 0 spiro atoms. The molecule has 0 aromatic carbocycles. The molecule has 0 fully saturated rings. The molecule has 1 aromatic rings. The molecular weight excluding hydrogens is 144 g/mol. The third kappa shape index (κ3) is 1.76. The first-order chi connectivity index (χ1) is 5.24. The summed E-state index contributed by atoms with van der Waals surface area (Å²) >= 11 is 0. The highest BCUT2D eigenvalue weighted by molar-refractivity contribution is 5.36.